The number of hydrogen-bond acceptors (Lipinski definition) is 5. The van der Waals surface area contributed by atoms with Crippen LogP contribution in [0.5, 0.6) is 5.75 Å². The predicted octanol–water partition coefficient (Wildman–Crippen LogP) is 4.97. The number of para-hydroxylation sites is 2. The number of hydrogen-bond donors (Lipinski definition) is 1. The minimum atomic E-state index is -0.162. The summed E-state index contributed by atoms with van der Waals surface area (Å²) in [6, 6.07) is 14.5. The Morgan fingerprint density at radius 1 is 1.24 bits per heavy atom. The molecule has 1 fully saturated rings. The molecule has 0 aromatic heterocycles. The van der Waals surface area contributed by atoms with Gasteiger partial charge in [0, 0.05) is 18.0 Å². The Bertz CT molecular complexity index is 978. The lowest BCUT2D eigenvalue weighted by molar-refractivity contribution is -0.122. The van der Waals surface area contributed by atoms with Gasteiger partial charge in [0.05, 0.1) is 17.7 Å². The molecule has 5 nitrogen and oxygen atoms in total. The van der Waals surface area contributed by atoms with Crippen LogP contribution in [0, 0.1) is 0 Å². The van der Waals surface area contributed by atoms with E-state index in [9.17, 15) is 9.59 Å². The summed E-state index contributed by atoms with van der Waals surface area (Å²) >= 11 is 12.7. The number of anilines is 1. The van der Waals surface area contributed by atoms with Crippen LogP contribution in [0.2, 0.25) is 5.02 Å². The van der Waals surface area contributed by atoms with Crippen LogP contribution in [0.4, 0.5) is 5.69 Å². The van der Waals surface area contributed by atoms with Crippen LogP contribution in [-0.4, -0.2) is 34.7 Å². The molecule has 0 spiro atoms. The molecule has 0 aliphatic carbocycles. The van der Waals surface area contributed by atoms with Crippen LogP contribution in [0.25, 0.3) is 6.08 Å². The monoisotopic (exact) mass is 446 g/mol. The van der Waals surface area contributed by atoms with Crippen molar-refractivity contribution in [3.63, 3.8) is 0 Å². The number of thiocarbonyl (C=S) groups is 1. The highest BCUT2D eigenvalue weighted by Crippen LogP contribution is 2.34. The molecule has 0 unspecified atom stereocenters. The van der Waals surface area contributed by atoms with Crippen LogP contribution in [0.15, 0.2) is 53.4 Å². The number of thioether (sulfide) groups is 1. The van der Waals surface area contributed by atoms with Crippen molar-refractivity contribution in [2.45, 2.75) is 12.8 Å². The summed E-state index contributed by atoms with van der Waals surface area (Å²) in [4.78, 5) is 27.0. The molecule has 0 saturated carbocycles. The fourth-order valence-electron chi connectivity index (χ4n) is 2.78. The van der Waals surface area contributed by atoms with E-state index in [4.69, 9.17) is 28.6 Å². The summed E-state index contributed by atoms with van der Waals surface area (Å²) in [5, 5.41) is 3.40. The number of benzene rings is 2. The van der Waals surface area contributed by atoms with Gasteiger partial charge in [-0.3, -0.25) is 14.5 Å². The number of ether oxygens (including phenoxy) is 1. The van der Waals surface area contributed by atoms with Gasteiger partial charge in [-0.2, -0.15) is 0 Å². The van der Waals surface area contributed by atoms with Crippen LogP contribution in [0.3, 0.4) is 0 Å². The van der Waals surface area contributed by atoms with Crippen molar-refractivity contribution in [2.75, 3.05) is 19.0 Å². The second kappa shape index (κ2) is 9.91. The molecule has 2 aromatic rings. The standard InChI is InChI=1S/C21H19ClN2O3S2/c1-27-17-10-5-4-9-16(17)23-19(25)11-6-12-24-20(26)18(29-21(24)28)13-14-7-2-3-8-15(14)22/h2-5,7-10,13H,6,11-12H2,1H3,(H,23,25)/b18-13+. The minimum absolute atomic E-state index is 0.147. The van der Waals surface area contributed by atoms with Crippen LogP contribution in [-0.2, 0) is 9.59 Å². The molecular weight excluding hydrogens is 428 g/mol. The molecule has 1 saturated heterocycles. The second-order valence-electron chi connectivity index (χ2n) is 6.21. The van der Waals surface area contributed by atoms with E-state index < -0.39 is 0 Å². The summed E-state index contributed by atoms with van der Waals surface area (Å²) in [7, 11) is 1.55. The van der Waals surface area contributed by atoms with Gasteiger partial charge in [0.1, 0.15) is 10.1 Å². The minimum Gasteiger partial charge on any atom is -0.495 e. The third-order valence-electron chi connectivity index (χ3n) is 4.23. The number of amides is 2. The maximum atomic E-state index is 12.7. The molecule has 1 aliphatic heterocycles. The fourth-order valence-corrected chi connectivity index (χ4v) is 4.27. The second-order valence-corrected chi connectivity index (χ2v) is 8.29. The largest absolute Gasteiger partial charge is 0.495 e. The number of halogens is 1. The molecule has 29 heavy (non-hydrogen) atoms. The summed E-state index contributed by atoms with van der Waals surface area (Å²) in [5.41, 5.74) is 1.39. The Balaban J connectivity index is 1.55. The summed E-state index contributed by atoms with van der Waals surface area (Å²) in [6.45, 7) is 0.379. The molecule has 1 aliphatic rings. The lowest BCUT2D eigenvalue weighted by Crippen LogP contribution is -2.29. The quantitative estimate of drug-likeness (QED) is 0.480. The number of nitrogens with zero attached hydrogens (tertiary/aromatic N) is 1. The van der Waals surface area contributed by atoms with Crippen molar-refractivity contribution < 1.29 is 14.3 Å². The topological polar surface area (TPSA) is 58.6 Å². The highest BCUT2D eigenvalue weighted by atomic mass is 35.5. The van der Waals surface area contributed by atoms with Gasteiger partial charge in [-0.15, -0.1) is 0 Å². The SMILES string of the molecule is COc1ccccc1NC(=O)CCCN1C(=O)/C(=C\c2ccccc2Cl)SC1=S. The molecule has 150 valence electrons. The van der Waals surface area contributed by atoms with Gasteiger partial charge >= 0.3 is 0 Å². The van der Waals surface area contributed by atoms with E-state index in [2.05, 4.69) is 5.32 Å². The Labute approximate surface area is 184 Å². The van der Waals surface area contributed by atoms with E-state index in [0.29, 0.717) is 38.7 Å². The molecular formula is C21H19ClN2O3S2. The first-order chi connectivity index (χ1) is 14.0. The first-order valence-electron chi connectivity index (χ1n) is 8.92. The molecule has 0 radical (unpaired) electrons. The Morgan fingerprint density at radius 2 is 1.97 bits per heavy atom. The third-order valence-corrected chi connectivity index (χ3v) is 5.95. The number of carbonyl (C=O) groups excluding carboxylic acids is 2. The lowest BCUT2D eigenvalue weighted by atomic mass is 10.2. The van der Waals surface area contributed by atoms with E-state index in [-0.39, 0.29) is 18.2 Å². The first kappa shape index (κ1) is 21.4. The molecule has 0 bridgehead atoms. The normalized spacial score (nSPS) is 15.1. The number of methoxy groups -OCH3 is 1. The first-order valence-corrected chi connectivity index (χ1v) is 10.5. The molecule has 8 heteroatoms. The van der Waals surface area contributed by atoms with Gasteiger partial charge in [0.25, 0.3) is 5.91 Å². The van der Waals surface area contributed by atoms with Gasteiger partial charge in [-0.05, 0) is 36.3 Å². The van der Waals surface area contributed by atoms with Crippen LogP contribution >= 0.6 is 35.6 Å². The molecule has 2 aromatic carbocycles. The summed E-state index contributed by atoms with van der Waals surface area (Å²) < 4.78 is 5.71. The number of rotatable bonds is 7. The zero-order valence-electron chi connectivity index (χ0n) is 15.7. The van der Waals surface area contributed by atoms with Crippen molar-refractivity contribution in [2.24, 2.45) is 0 Å². The van der Waals surface area contributed by atoms with Crippen LogP contribution < -0.4 is 10.1 Å². The Hall–Kier alpha value is -2.35. The molecule has 1 N–H and O–H groups in total. The van der Waals surface area contributed by atoms with E-state index in [1.807, 2.05) is 30.3 Å². The van der Waals surface area contributed by atoms with E-state index in [1.54, 1.807) is 31.4 Å². The maximum Gasteiger partial charge on any atom is 0.266 e. The van der Waals surface area contributed by atoms with Gasteiger partial charge in [-0.1, -0.05) is 65.9 Å². The van der Waals surface area contributed by atoms with Gasteiger partial charge in [0.2, 0.25) is 5.91 Å². The van der Waals surface area contributed by atoms with Crippen molar-refractivity contribution in [1.29, 1.82) is 0 Å². The smallest absolute Gasteiger partial charge is 0.266 e. The molecule has 2 amide bonds. The lowest BCUT2D eigenvalue weighted by Gasteiger charge is -2.14. The van der Waals surface area contributed by atoms with Gasteiger partial charge in [-0.25, -0.2) is 0 Å². The molecule has 3 rings (SSSR count). The third kappa shape index (κ3) is 5.38. The maximum absolute atomic E-state index is 12.7. The van der Waals surface area contributed by atoms with E-state index >= 15 is 0 Å². The average molecular weight is 447 g/mol. The Kier molecular flexibility index (Phi) is 7.30. The highest BCUT2D eigenvalue weighted by molar-refractivity contribution is 8.26. The summed E-state index contributed by atoms with van der Waals surface area (Å²) in [5.74, 6) is 0.291. The van der Waals surface area contributed by atoms with E-state index in [0.717, 1.165) is 5.56 Å². The van der Waals surface area contributed by atoms with Crippen LogP contribution in [0.1, 0.15) is 18.4 Å². The zero-order valence-corrected chi connectivity index (χ0v) is 18.1. The fraction of sp³-hybridized carbons (Fsp3) is 0.190. The van der Waals surface area contributed by atoms with E-state index in [1.165, 1.54) is 16.7 Å². The zero-order chi connectivity index (χ0) is 20.8. The predicted molar refractivity (Wildman–Crippen MR) is 122 cm³/mol. The average Bonchev–Trinajstić information content (AvgIpc) is 2.97. The number of carbonyl (C=O) groups is 2. The van der Waals surface area contributed by atoms with Gasteiger partial charge in [0.15, 0.2) is 0 Å². The highest BCUT2D eigenvalue weighted by Gasteiger charge is 2.31. The van der Waals surface area contributed by atoms with Crippen molar-refractivity contribution in [3.8, 4) is 5.75 Å². The van der Waals surface area contributed by atoms with Crippen molar-refractivity contribution >= 4 is 63.5 Å². The summed E-state index contributed by atoms with van der Waals surface area (Å²) in [6.07, 6.45) is 2.50. The number of nitrogens with one attached hydrogen (secondary N) is 1. The van der Waals surface area contributed by atoms with Crippen molar-refractivity contribution in [1.82, 2.24) is 4.90 Å². The molecule has 1 heterocycles. The molecule has 0 atom stereocenters. The van der Waals surface area contributed by atoms with Crippen molar-refractivity contribution in [3.05, 3.63) is 64.0 Å². The van der Waals surface area contributed by atoms with Gasteiger partial charge < -0.3 is 10.1 Å². The Morgan fingerprint density at radius 3 is 2.72 bits per heavy atom.